The van der Waals surface area contributed by atoms with Gasteiger partial charge in [-0.2, -0.15) is 0 Å². The van der Waals surface area contributed by atoms with Crippen LogP contribution in [-0.4, -0.2) is 42.5 Å². The number of hydrogen-bond acceptors (Lipinski definition) is 4. The van der Waals surface area contributed by atoms with Crippen molar-refractivity contribution in [3.63, 3.8) is 0 Å². The van der Waals surface area contributed by atoms with Crippen molar-refractivity contribution in [2.75, 3.05) is 26.7 Å². The van der Waals surface area contributed by atoms with Gasteiger partial charge < -0.3 is 9.80 Å². The number of piperidine rings is 1. The predicted octanol–water partition coefficient (Wildman–Crippen LogP) is 2.78. The highest BCUT2D eigenvalue weighted by molar-refractivity contribution is 7.18. The van der Waals surface area contributed by atoms with E-state index in [9.17, 15) is 4.79 Å². The molecule has 2 atom stereocenters. The van der Waals surface area contributed by atoms with E-state index in [1.807, 2.05) is 6.07 Å². The second-order valence-corrected chi connectivity index (χ2v) is 9.18. The third-order valence-corrected chi connectivity index (χ3v) is 7.02. The summed E-state index contributed by atoms with van der Waals surface area (Å²) < 4.78 is 1.24. The maximum atomic E-state index is 12.8. The van der Waals surface area contributed by atoms with Crippen molar-refractivity contribution in [1.82, 2.24) is 9.88 Å². The van der Waals surface area contributed by atoms with Gasteiger partial charge in [0.25, 0.3) is 5.91 Å². The van der Waals surface area contributed by atoms with E-state index in [0.717, 1.165) is 38.0 Å². The molecule has 2 aromatic heterocycles. The van der Waals surface area contributed by atoms with Crippen LogP contribution in [0.1, 0.15) is 28.6 Å². The number of para-hydroxylation sites is 1. The summed E-state index contributed by atoms with van der Waals surface area (Å²) in [5.41, 5.74) is 1.08. The summed E-state index contributed by atoms with van der Waals surface area (Å²) in [6.45, 7) is 3.17. The lowest BCUT2D eigenvalue weighted by molar-refractivity contribution is -0.885. The maximum absolute atomic E-state index is 12.8. The number of likely N-dealkylation sites (N-methyl/N-ethyl adjacent to an activating group) is 1. The summed E-state index contributed by atoms with van der Waals surface area (Å²) in [6.07, 6.45) is 2.19. The van der Waals surface area contributed by atoms with E-state index in [4.69, 9.17) is 4.98 Å². The maximum Gasteiger partial charge on any atom is 0.277 e. The molecule has 1 aromatic carbocycles. The van der Waals surface area contributed by atoms with Gasteiger partial charge in [-0.25, -0.2) is 4.98 Å². The lowest BCUT2D eigenvalue weighted by atomic mass is 9.98. The summed E-state index contributed by atoms with van der Waals surface area (Å²) in [5, 5.41) is 3.28. The lowest BCUT2D eigenvalue weighted by Gasteiger charge is -2.32. The van der Waals surface area contributed by atoms with Gasteiger partial charge in [-0.15, -0.1) is 22.7 Å². The van der Waals surface area contributed by atoms with Crippen LogP contribution in [0.2, 0.25) is 0 Å². The van der Waals surface area contributed by atoms with E-state index in [-0.39, 0.29) is 5.91 Å². The van der Waals surface area contributed by atoms with Crippen molar-refractivity contribution in [3.8, 4) is 0 Å². The van der Waals surface area contributed by atoms with E-state index in [1.165, 1.54) is 19.5 Å². The molecular weight excluding hydrogens is 362 g/mol. The van der Waals surface area contributed by atoms with Crippen LogP contribution in [0, 0.1) is 0 Å². The van der Waals surface area contributed by atoms with Gasteiger partial charge in [0.15, 0.2) is 6.54 Å². The van der Waals surface area contributed by atoms with Gasteiger partial charge in [0.2, 0.25) is 0 Å². The monoisotopic (exact) mass is 386 g/mol. The molecule has 0 bridgehead atoms. The summed E-state index contributed by atoms with van der Waals surface area (Å²) in [6, 6.07) is 12.5. The topological polar surface area (TPSA) is 37.6 Å². The summed E-state index contributed by atoms with van der Waals surface area (Å²) in [4.78, 5) is 22.2. The van der Waals surface area contributed by atoms with Gasteiger partial charge >= 0.3 is 0 Å². The Kier molecular flexibility index (Phi) is 5.33. The SMILES string of the molecule is C[NH+](CC(=O)N1CCC[C@H](c2nc3ccccc3s2)C1)Cc1cccs1. The fourth-order valence-electron chi connectivity index (χ4n) is 3.61. The predicted molar refractivity (Wildman–Crippen MR) is 108 cm³/mol. The summed E-state index contributed by atoms with van der Waals surface area (Å²) in [5.74, 6) is 0.646. The van der Waals surface area contributed by atoms with Crippen LogP contribution < -0.4 is 4.90 Å². The zero-order chi connectivity index (χ0) is 17.9. The standard InChI is InChI=1S/C20H23N3OS2/c1-22(13-16-7-5-11-25-16)14-19(24)23-10-4-6-15(12-23)20-21-17-8-2-3-9-18(17)26-20/h2-3,5,7-9,11,15H,4,6,10,12-14H2,1H3/p+1/t15-/m0/s1. The Morgan fingerprint density at radius 2 is 2.19 bits per heavy atom. The Balaban J connectivity index is 1.38. The minimum Gasteiger partial charge on any atom is -0.337 e. The molecule has 26 heavy (non-hydrogen) atoms. The Labute approximate surface area is 162 Å². The number of amides is 1. The van der Waals surface area contributed by atoms with E-state index in [1.54, 1.807) is 22.7 Å². The molecule has 136 valence electrons. The highest BCUT2D eigenvalue weighted by atomic mass is 32.1. The Hall–Kier alpha value is -1.76. The molecule has 3 aromatic rings. The van der Waals surface area contributed by atoms with Gasteiger partial charge in [0.05, 0.1) is 27.1 Å². The number of nitrogens with one attached hydrogen (secondary N) is 1. The minimum absolute atomic E-state index is 0.268. The molecule has 0 saturated carbocycles. The van der Waals surface area contributed by atoms with Gasteiger partial charge in [0, 0.05) is 19.0 Å². The van der Waals surface area contributed by atoms with Crippen LogP contribution in [0.3, 0.4) is 0 Å². The molecule has 1 fully saturated rings. The highest BCUT2D eigenvalue weighted by Crippen LogP contribution is 2.32. The van der Waals surface area contributed by atoms with Gasteiger partial charge in [-0.1, -0.05) is 18.2 Å². The molecule has 1 N–H and O–H groups in total. The third-order valence-electron chi connectivity index (χ3n) is 4.94. The smallest absolute Gasteiger partial charge is 0.277 e. The van der Waals surface area contributed by atoms with E-state index < -0.39 is 0 Å². The van der Waals surface area contributed by atoms with Crippen molar-refractivity contribution in [3.05, 3.63) is 51.7 Å². The molecule has 1 unspecified atom stereocenters. The van der Waals surface area contributed by atoms with Crippen LogP contribution in [0.4, 0.5) is 0 Å². The number of rotatable bonds is 5. The number of benzene rings is 1. The highest BCUT2D eigenvalue weighted by Gasteiger charge is 2.28. The first kappa shape index (κ1) is 17.6. The van der Waals surface area contributed by atoms with Crippen molar-refractivity contribution >= 4 is 38.8 Å². The molecule has 4 nitrogen and oxygen atoms in total. The number of hydrogen-bond donors (Lipinski definition) is 1. The number of thiazole rings is 1. The molecule has 0 aliphatic carbocycles. The Bertz CT molecular complexity index is 841. The van der Waals surface area contributed by atoms with Crippen LogP contribution in [0.25, 0.3) is 10.2 Å². The average Bonchev–Trinajstić information content (AvgIpc) is 3.31. The van der Waals surface area contributed by atoms with E-state index in [2.05, 4.69) is 47.7 Å². The van der Waals surface area contributed by atoms with Crippen molar-refractivity contribution in [2.24, 2.45) is 0 Å². The molecule has 1 aliphatic heterocycles. The fraction of sp³-hybridized carbons (Fsp3) is 0.400. The molecule has 1 saturated heterocycles. The number of thiophene rings is 1. The van der Waals surface area contributed by atoms with E-state index in [0.29, 0.717) is 12.5 Å². The fourth-order valence-corrected chi connectivity index (χ4v) is 5.52. The zero-order valence-electron chi connectivity index (χ0n) is 15.0. The van der Waals surface area contributed by atoms with Crippen molar-refractivity contribution < 1.29 is 9.69 Å². The number of carbonyl (C=O) groups excluding carboxylic acids is 1. The van der Waals surface area contributed by atoms with Crippen LogP contribution in [0.5, 0.6) is 0 Å². The molecule has 0 radical (unpaired) electrons. The van der Waals surface area contributed by atoms with Gasteiger partial charge in [-0.05, 0) is 36.4 Å². The molecule has 1 aliphatic rings. The second kappa shape index (κ2) is 7.86. The summed E-state index contributed by atoms with van der Waals surface area (Å²) in [7, 11) is 2.10. The second-order valence-electron chi connectivity index (χ2n) is 7.09. The third kappa shape index (κ3) is 3.98. The van der Waals surface area contributed by atoms with Crippen LogP contribution in [0.15, 0.2) is 41.8 Å². The Morgan fingerprint density at radius 3 is 3.00 bits per heavy atom. The minimum atomic E-state index is 0.268. The Morgan fingerprint density at radius 1 is 1.31 bits per heavy atom. The molecule has 0 spiro atoms. The molecular formula is C20H24N3OS2+. The normalized spacial score (nSPS) is 19.0. The number of fused-ring (bicyclic) bond motifs is 1. The lowest BCUT2D eigenvalue weighted by Crippen LogP contribution is -3.08. The average molecular weight is 387 g/mol. The quantitative estimate of drug-likeness (QED) is 0.732. The number of nitrogens with zero attached hydrogens (tertiary/aromatic N) is 2. The van der Waals surface area contributed by atoms with Gasteiger partial charge in [0.1, 0.15) is 6.54 Å². The molecule has 4 rings (SSSR count). The van der Waals surface area contributed by atoms with Gasteiger partial charge in [-0.3, -0.25) is 4.79 Å². The zero-order valence-corrected chi connectivity index (χ0v) is 16.6. The molecule has 6 heteroatoms. The van der Waals surface area contributed by atoms with E-state index >= 15 is 0 Å². The first-order valence-electron chi connectivity index (χ1n) is 9.16. The number of aromatic nitrogens is 1. The van der Waals surface area contributed by atoms with Crippen molar-refractivity contribution in [1.29, 1.82) is 0 Å². The van der Waals surface area contributed by atoms with Crippen LogP contribution >= 0.6 is 22.7 Å². The summed E-state index contributed by atoms with van der Waals surface area (Å²) >= 11 is 3.54. The first-order chi connectivity index (χ1) is 12.7. The molecule has 1 amide bonds. The first-order valence-corrected chi connectivity index (χ1v) is 10.9. The van der Waals surface area contributed by atoms with Crippen LogP contribution in [-0.2, 0) is 11.3 Å². The number of carbonyl (C=O) groups is 1. The largest absolute Gasteiger partial charge is 0.337 e. The van der Waals surface area contributed by atoms with Crippen molar-refractivity contribution in [2.45, 2.75) is 25.3 Å². The number of quaternary nitrogens is 1. The number of likely N-dealkylation sites (tertiary alicyclic amines) is 1. The molecule has 3 heterocycles.